The monoisotopic (exact) mass is 499 g/mol. The number of halogens is 1. The fourth-order valence-electron chi connectivity index (χ4n) is 4.87. The van der Waals surface area contributed by atoms with E-state index in [0.29, 0.717) is 23.0 Å². The number of nitrogens with one attached hydrogen (secondary N) is 2. The highest BCUT2D eigenvalue weighted by Crippen LogP contribution is 2.47. The Morgan fingerprint density at radius 1 is 1.26 bits per heavy atom. The van der Waals surface area contributed by atoms with Gasteiger partial charge >= 0.3 is 0 Å². The summed E-state index contributed by atoms with van der Waals surface area (Å²) in [7, 11) is 0. The van der Waals surface area contributed by atoms with Crippen LogP contribution in [-0.2, 0) is 12.8 Å². The Morgan fingerprint density at radius 3 is 2.76 bits per heavy atom. The minimum Gasteiger partial charge on any atom is -0.457 e. The second-order valence-electron chi connectivity index (χ2n) is 9.66. The fourth-order valence-corrected chi connectivity index (χ4v) is 6.49. The van der Waals surface area contributed by atoms with Crippen LogP contribution in [0.1, 0.15) is 66.3 Å². The molecule has 2 aliphatic rings. The highest BCUT2D eigenvalue weighted by molar-refractivity contribution is 7.16. The number of amides is 1. The summed E-state index contributed by atoms with van der Waals surface area (Å²) in [4.78, 5) is 24.9. The number of thiophene rings is 1. The normalized spacial score (nSPS) is 19.7. The lowest BCUT2D eigenvalue weighted by molar-refractivity contribution is -0.384. The van der Waals surface area contributed by atoms with Crippen molar-refractivity contribution in [1.82, 2.24) is 5.32 Å². The molecule has 34 heavy (non-hydrogen) atoms. The van der Waals surface area contributed by atoms with E-state index in [0.717, 1.165) is 36.2 Å². The topological polar surface area (TPSA) is 97.4 Å². The van der Waals surface area contributed by atoms with Gasteiger partial charge in [0.25, 0.3) is 11.6 Å². The van der Waals surface area contributed by atoms with Gasteiger partial charge in [-0.25, -0.2) is 0 Å². The van der Waals surface area contributed by atoms with Crippen LogP contribution in [-0.4, -0.2) is 10.8 Å². The summed E-state index contributed by atoms with van der Waals surface area (Å²) < 4.78 is 6.01. The van der Waals surface area contributed by atoms with Crippen molar-refractivity contribution in [3.05, 3.63) is 67.2 Å². The van der Waals surface area contributed by atoms with Crippen molar-refractivity contribution >= 4 is 39.5 Å². The summed E-state index contributed by atoms with van der Waals surface area (Å²) in [6.07, 6.45) is 3.67. The summed E-state index contributed by atoms with van der Waals surface area (Å²) in [5.74, 6) is 1.55. The van der Waals surface area contributed by atoms with Crippen molar-refractivity contribution in [3.8, 4) is 11.3 Å². The van der Waals surface area contributed by atoms with Crippen molar-refractivity contribution in [1.29, 1.82) is 0 Å². The molecule has 0 saturated heterocycles. The van der Waals surface area contributed by atoms with Gasteiger partial charge in [-0.2, -0.15) is 0 Å². The first-order valence-electron chi connectivity index (χ1n) is 11.4. The van der Waals surface area contributed by atoms with Gasteiger partial charge in [0.1, 0.15) is 16.5 Å². The maximum absolute atomic E-state index is 13.1. The Labute approximate surface area is 206 Å². The van der Waals surface area contributed by atoms with E-state index in [4.69, 9.17) is 16.0 Å². The van der Waals surface area contributed by atoms with Crippen LogP contribution >= 0.6 is 22.9 Å². The van der Waals surface area contributed by atoms with Crippen LogP contribution in [0.15, 0.2) is 34.7 Å². The Balaban J connectivity index is 1.39. The van der Waals surface area contributed by atoms with Gasteiger partial charge in [-0.1, -0.05) is 38.8 Å². The molecule has 0 spiro atoms. The molecule has 1 aliphatic heterocycles. The Bertz CT molecular complexity index is 1300. The number of furan rings is 1. The zero-order valence-corrected chi connectivity index (χ0v) is 20.8. The fraction of sp³-hybridized carbons (Fsp3) is 0.400. The number of carbonyl (C=O) groups is 1. The number of non-ortho nitro benzene ring substituents is 1. The summed E-state index contributed by atoms with van der Waals surface area (Å²) in [5, 5.41) is 18.6. The third-order valence-corrected chi connectivity index (χ3v) is 8.90. The Kier molecular flexibility index (Phi) is 5.68. The highest BCUT2D eigenvalue weighted by Gasteiger charge is 2.38. The zero-order valence-electron chi connectivity index (χ0n) is 19.2. The number of rotatable bonds is 5. The molecule has 0 bridgehead atoms. The van der Waals surface area contributed by atoms with Crippen molar-refractivity contribution in [2.45, 2.75) is 52.6 Å². The predicted molar refractivity (Wildman–Crippen MR) is 134 cm³/mol. The van der Waals surface area contributed by atoms with Gasteiger partial charge in [-0.05, 0) is 54.4 Å². The first kappa shape index (κ1) is 22.9. The van der Waals surface area contributed by atoms with Gasteiger partial charge in [0.2, 0.25) is 0 Å². The largest absolute Gasteiger partial charge is 0.457 e. The third kappa shape index (κ3) is 3.88. The molecule has 9 heteroatoms. The molecule has 2 N–H and O–H groups in total. The molecule has 178 valence electrons. The number of benzene rings is 1. The van der Waals surface area contributed by atoms with Crippen LogP contribution in [0.25, 0.3) is 11.3 Å². The summed E-state index contributed by atoms with van der Waals surface area (Å²) in [6, 6.07) is 7.79. The van der Waals surface area contributed by atoms with Crippen LogP contribution in [0.4, 0.5) is 10.7 Å². The van der Waals surface area contributed by atoms with Gasteiger partial charge in [-0.3, -0.25) is 14.9 Å². The minimum atomic E-state index is -0.506. The lowest BCUT2D eigenvalue weighted by atomic mass is 9.69. The van der Waals surface area contributed by atoms with Gasteiger partial charge in [-0.15, -0.1) is 11.3 Å². The number of carbonyl (C=O) groups excluding carboxylic acids is 1. The van der Waals surface area contributed by atoms with Crippen molar-refractivity contribution < 1.29 is 14.1 Å². The smallest absolute Gasteiger partial charge is 0.270 e. The SMILES string of the molecule is CCC(C)(C)[C@H]1CCc2c(sc3c2C(=O)N[C@@H](c2ccc(-c4ccc([N+](=O)[O-])cc4Cl)o2)N3)C1. The standard InChI is InChI=1S/C25H26ClN3O4S/c1-4-25(2,3)13-5-7-16-20(11-13)34-24-21(16)23(30)27-22(28-24)19-10-9-18(33-19)15-8-6-14(29(31)32)12-17(15)26/h6,8-10,12-13,22,28H,4-5,7,11H2,1-3H3,(H,27,30)/t13-,22+/m0/s1. The van der Waals surface area contributed by atoms with Crippen LogP contribution in [0.3, 0.4) is 0 Å². The second-order valence-corrected chi connectivity index (χ2v) is 11.2. The van der Waals surface area contributed by atoms with E-state index in [1.807, 2.05) is 0 Å². The van der Waals surface area contributed by atoms with E-state index in [1.165, 1.54) is 22.6 Å². The molecule has 3 aromatic rings. The van der Waals surface area contributed by atoms with Crippen molar-refractivity contribution in [2.24, 2.45) is 11.3 Å². The minimum absolute atomic E-state index is 0.0829. The average Bonchev–Trinajstić information content (AvgIpc) is 3.43. The number of fused-ring (bicyclic) bond motifs is 3. The number of nitro benzene ring substituents is 1. The Hall–Kier alpha value is -2.84. The van der Waals surface area contributed by atoms with E-state index >= 15 is 0 Å². The van der Waals surface area contributed by atoms with Crippen LogP contribution in [0.5, 0.6) is 0 Å². The van der Waals surface area contributed by atoms with Crippen molar-refractivity contribution in [2.75, 3.05) is 5.32 Å². The molecule has 3 heterocycles. The van der Waals surface area contributed by atoms with Crippen molar-refractivity contribution in [3.63, 3.8) is 0 Å². The summed E-state index contributed by atoms with van der Waals surface area (Å²) >= 11 is 7.94. The second kappa shape index (κ2) is 8.43. The number of anilines is 1. The van der Waals surface area contributed by atoms with E-state index in [-0.39, 0.29) is 22.0 Å². The molecule has 5 rings (SSSR count). The summed E-state index contributed by atoms with van der Waals surface area (Å²) in [5.41, 5.74) is 2.71. The number of nitrogens with zero attached hydrogens (tertiary/aromatic N) is 1. The number of nitro groups is 1. The molecule has 0 saturated carbocycles. The highest BCUT2D eigenvalue weighted by atomic mass is 35.5. The molecular formula is C25H26ClN3O4S. The molecule has 0 radical (unpaired) electrons. The lowest BCUT2D eigenvalue weighted by Crippen LogP contribution is -2.38. The first-order chi connectivity index (χ1) is 16.2. The lowest BCUT2D eigenvalue weighted by Gasteiger charge is -2.36. The quantitative estimate of drug-likeness (QED) is 0.292. The molecule has 2 aromatic heterocycles. The maximum Gasteiger partial charge on any atom is 0.270 e. The molecule has 7 nitrogen and oxygen atoms in total. The summed E-state index contributed by atoms with van der Waals surface area (Å²) in [6.45, 7) is 6.92. The maximum atomic E-state index is 13.1. The molecule has 2 atom stereocenters. The average molecular weight is 500 g/mol. The van der Waals surface area contributed by atoms with E-state index in [1.54, 1.807) is 29.5 Å². The zero-order chi connectivity index (χ0) is 24.2. The van der Waals surface area contributed by atoms with Gasteiger partial charge in [0, 0.05) is 22.6 Å². The van der Waals surface area contributed by atoms with E-state index in [9.17, 15) is 14.9 Å². The third-order valence-electron chi connectivity index (χ3n) is 7.40. The molecule has 1 aliphatic carbocycles. The van der Waals surface area contributed by atoms with E-state index < -0.39 is 11.1 Å². The van der Waals surface area contributed by atoms with E-state index in [2.05, 4.69) is 31.4 Å². The molecule has 1 aromatic carbocycles. The molecule has 1 amide bonds. The predicted octanol–water partition coefficient (Wildman–Crippen LogP) is 6.96. The molecule has 0 fully saturated rings. The van der Waals surface area contributed by atoms with Gasteiger partial charge < -0.3 is 15.1 Å². The molecule has 0 unspecified atom stereocenters. The van der Waals surface area contributed by atoms with Crippen LogP contribution in [0, 0.1) is 21.4 Å². The number of hydrogen-bond donors (Lipinski definition) is 2. The van der Waals surface area contributed by atoms with Crippen LogP contribution in [0.2, 0.25) is 5.02 Å². The van der Waals surface area contributed by atoms with Crippen LogP contribution < -0.4 is 10.6 Å². The van der Waals surface area contributed by atoms with Gasteiger partial charge in [0.15, 0.2) is 6.17 Å². The Morgan fingerprint density at radius 2 is 2.06 bits per heavy atom. The first-order valence-corrected chi connectivity index (χ1v) is 12.6. The number of hydrogen-bond acceptors (Lipinski definition) is 6. The molecular weight excluding hydrogens is 474 g/mol. The van der Waals surface area contributed by atoms with Gasteiger partial charge in [0.05, 0.1) is 15.5 Å².